The second-order valence-corrected chi connectivity index (χ2v) is 4.60. The van der Waals surface area contributed by atoms with Crippen LogP contribution in [-0.4, -0.2) is 30.1 Å². The molecule has 20 heavy (non-hydrogen) atoms. The first-order valence-corrected chi connectivity index (χ1v) is 6.44. The largest absolute Gasteiger partial charge is 0.471 e. The topological polar surface area (TPSA) is 46.3 Å². The van der Waals surface area contributed by atoms with Crippen molar-refractivity contribution in [2.75, 3.05) is 13.1 Å². The highest BCUT2D eigenvalue weighted by Gasteiger charge is 2.41. The fourth-order valence-corrected chi connectivity index (χ4v) is 2.00. The summed E-state index contributed by atoms with van der Waals surface area (Å²) in [6.07, 6.45) is -4.42. The van der Waals surface area contributed by atoms with E-state index in [0.29, 0.717) is 13.0 Å². The number of likely N-dealkylation sites (N-methyl/N-ethyl adjacent to an activating group) is 1. The molecular formula is C14H19F3N2O. The van der Waals surface area contributed by atoms with Crippen LogP contribution in [0.1, 0.15) is 23.6 Å². The van der Waals surface area contributed by atoms with Crippen molar-refractivity contribution in [3.05, 3.63) is 34.9 Å². The Bertz CT molecular complexity index is 472. The number of nitrogens with two attached hydrogens (primary N) is 1. The predicted octanol–water partition coefficient (Wildman–Crippen LogP) is 2.41. The Balaban J connectivity index is 2.72. The molecule has 0 fully saturated rings. The Morgan fingerprint density at radius 2 is 2.00 bits per heavy atom. The Labute approximate surface area is 116 Å². The first-order valence-electron chi connectivity index (χ1n) is 6.44. The maximum absolute atomic E-state index is 12.4. The third-order valence-corrected chi connectivity index (χ3v) is 3.21. The molecule has 0 aliphatic carbocycles. The molecule has 0 saturated heterocycles. The molecule has 0 spiro atoms. The molecule has 0 aromatic heterocycles. The number of aryl methyl sites for hydroxylation is 1. The summed E-state index contributed by atoms with van der Waals surface area (Å²) in [6, 6.07) is 5.62. The van der Waals surface area contributed by atoms with Crippen LogP contribution in [0.2, 0.25) is 0 Å². The molecule has 0 heterocycles. The van der Waals surface area contributed by atoms with E-state index < -0.39 is 12.1 Å². The van der Waals surface area contributed by atoms with Crippen LogP contribution in [0.5, 0.6) is 0 Å². The predicted molar refractivity (Wildman–Crippen MR) is 71.1 cm³/mol. The van der Waals surface area contributed by atoms with Crippen molar-refractivity contribution >= 4 is 5.91 Å². The summed E-state index contributed by atoms with van der Waals surface area (Å²) in [5.74, 6) is -1.78. The van der Waals surface area contributed by atoms with Crippen molar-refractivity contribution in [1.29, 1.82) is 0 Å². The summed E-state index contributed by atoms with van der Waals surface area (Å²) in [7, 11) is 0. The van der Waals surface area contributed by atoms with Crippen LogP contribution >= 0.6 is 0 Å². The quantitative estimate of drug-likeness (QED) is 0.904. The fourth-order valence-electron chi connectivity index (χ4n) is 2.00. The maximum Gasteiger partial charge on any atom is 0.471 e. The number of carbonyl (C=O) groups excluding carboxylic acids is 1. The SMILES string of the molecule is CCN(CCc1ccc(CN)cc1C)C(=O)C(F)(F)F. The van der Waals surface area contributed by atoms with Gasteiger partial charge in [0.15, 0.2) is 0 Å². The van der Waals surface area contributed by atoms with Gasteiger partial charge in [0.25, 0.3) is 0 Å². The van der Waals surface area contributed by atoms with Crippen LogP contribution in [0.25, 0.3) is 0 Å². The molecule has 0 aliphatic heterocycles. The Hall–Kier alpha value is -1.56. The second-order valence-electron chi connectivity index (χ2n) is 4.60. The maximum atomic E-state index is 12.4. The molecule has 0 atom stereocenters. The zero-order valence-electron chi connectivity index (χ0n) is 11.6. The highest BCUT2D eigenvalue weighted by molar-refractivity contribution is 5.81. The van der Waals surface area contributed by atoms with Gasteiger partial charge in [-0.15, -0.1) is 0 Å². The van der Waals surface area contributed by atoms with Gasteiger partial charge in [-0.2, -0.15) is 13.2 Å². The van der Waals surface area contributed by atoms with E-state index in [9.17, 15) is 18.0 Å². The lowest BCUT2D eigenvalue weighted by atomic mass is 10.0. The number of benzene rings is 1. The molecule has 1 rings (SSSR count). The Morgan fingerprint density at radius 3 is 2.45 bits per heavy atom. The van der Waals surface area contributed by atoms with Crippen LogP contribution in [-0.2, 0) is 17.8 Å². The minimum atomic E-state index is -4.81. The van der Waals surface area contributed by atoms with E-state index >= 15 is 0 Å². The minimum Gasteiger partial charge on any atom is -0.335 e. The monoisotopic (exact) mass is 288 g/mol. The van der Waals surface area contributed by atoms with Gasteiger partial charge in [-0.1, -0.05) is 18.2 Å². The number of nitrogens with zero attached hydrogens (tertiary/aromatic N) is 1. The first kappa shape index (κ1) is 16.5. The van der Waals surface area contributed by atoms with Gasteiger partial charge in [0, 0.05) is 19.6 Å². The van der Waals surface area contributed by atoms with Gasteiger partial charge in [0.1, 0.15) is 0 Å². The number of hydrogen-bond donors (Lipinski definition) is 1. The van der Waals surface area contributed by atoms with E-state index in [1.807, 2.05) is 25.1 Å². The molecule has 112 valence electrons. The zero-order chi connectivity index (χ0) is 15.3. The summed E-state index contributed by atoms with van der Waals surface area (Å²) >= 11 is 0. The van der Waals surface area contributed by atoms with Gasteiger partial charge in [0.05, 0.1) is 0 Å². The van der Waals surface area contributed by atoms with E-state index in [1.54, 1.807) is 0 Å². The molecule has 0 unspecified atom stereocenters. The van der Waals surface area contributed by atoms with Gasteiger partial charge in [-0.05, 0) is 37.0 Å². The summed E-state index contributed by atoms with van der Waals surface area (Å²) in [4.78, 5) is 12.0. The lowest BCUT2D eigenvalue weighted by Crippen LogP contribution is -2.42. The number of alkyl halides is 3. The number of halogens is 3. The summed E-state index contributed by atoms with van der Waals surface area (Å²) in [5.41, 5.74) is 8.40. The van der Waals surface area contributed by atoms with Crippen molar-refractivity contribution in [2.45, 2.75) is 33.0 Å². The zero-order valence-corrected chi connectivity index (χ0v) is 11.6. The standard InChI is InChI=1S/C14H19F3N2O/c1-3-19(13(20)14(15,16)17)7-6-12-5-4-11(9-18)8-10(12)2/h4-5,8H,3,6-7,9,18H2,1-2H3. The van der Waals surface area contributed by atoms with Crippen molar-refractivity contribution in [3.63, 3.8) is 0 Å². The van der Waals surface area contributed by atoms with E-state index in [2.05, 4.69) is 0 Å². The number of hydrogen-bond acceptors (Lipinski definition) is 2. The number of carbonyl (C=O) groups is 1. The fraction of sp³-hybridized carbons (Fsp3) is 0.500. The molecule has 0 bridgehead atoms. The van der Waals surface area contributed by atoms with Crippen molar-refractivity contribution < 1.29 is 18.0 Å². The van der Waals surface area contributed by atoms with Gasteiger partial charge >= 0.3 is 12.1 Å². The lowest BCUT2D eigenvalue weighted by Gasteiger charge is -2.22. The highest BCUT2D eigenvalue weighted by Crippen LogP contribution is 2.19. The lowest BCUT2D eigenvalue weighted by molar-refractivity contribution is -0.185. The number of amides is 1. The smallest absolute Gasteiger partial charge is 0.335 e. The van der Waals surface area contributed by atoms with Crippen molar-refractivity contribution in [1.82, 2.24) is 4.90 Å². The third kappa shape index (κ3) is 4.23. The van der Waals surface area contributed by atoms with E-state index in [4.69, 9.17) is 5.73 Å². The van der Waals surface area contributed by atoms with Gasteiger partial charge < -0.3 is 10.6 Å². The average molecular weight is 288 g/mol. The molecule has 1 aromatic rings. The molecule has 0 saturated carbocycles. The third-order valence-electron chi connectivity index (χ3n) is 3.21. The molecule has 0 radical (unpaired) electrons. The van der Waals surface area contributed by atoms with Crippen molar-refractivity contribution in [2.24, 2.45) is 5.73 Å². The molecule has 1 amide bonds. The van der Waals surface area contributed by atoms with Crippen LogP contribution in [0, 0.1) is 6.92 Å². The second kappa shape index (κ2) is 6.74. The van der Waals surface area contributed by atoms with Crippen LogP contribution in [0.15, 0.2) is 18.2 Å². The Morgan fingerprint density at radius 1 is 1.35 bits per heavy atom. The normalized spacial score (nSPS) is 11.5. The van der Waals surface area contributed by atoms with Crippen molar-refractivity contribution in [3.8, 4) is 0 Å². The van der Waals surface area contributed by atoms with E-state index in [0.717, 1.165) is 21.6 Å². The van der Waals surface area contributed by atoms with E-state index in [-0.39, 0.29) is 13.1 Å². The number of rotatable bonds is 5. The van der Waals surface area contributed by atoms with Crippen LogP contribution < -0.4 is 5.73 Å². The Kier molecular flexibility index (Phi) is 5.56. The molecule has 2 N–H and O–H groups in total. The summed E-state index contributed by atoms with van der Waals surface area (Å²) < 4.78 is 37.2. The van der Waals surface area contributed by atoms with Gasteiger partial charge in [-0.25, -0.2) is 0 Å². The first-order chi connectivity index (χ1) is 9.29. The average Bonchev–Trinajstić information content (AvgIpc) is 2.39. The molecule has 0 aliphatic rings. The molecular weight excluding hydrogens is 269 g/mol. The molecule has 1 aromatic carbocycles. The van der Waals surface area contributed by atoms with Gasteiger partial charge in [0.2, 0.25) is 0 Å². The van der Waals surface area contributed by atoms with Gasteiger partial charge in [-0.3, -0.25) is 4.79 Å². The summed E-state index contributed by atoms with van der Waals surface area (Å²) in [6.45, 7) is 3.94. The van der Waals surface area contributed by atoms with Crippen LogP contribution in [0.4, 0.5) is 13.2 Å². The molecule has 6 heteroatoms. The van der Waals surface area contributed by atoms with E-state index in [1.165, 1.54) is 6.92 Å². The summed E-state index contributed by atoms with van der Waals surface area (Å²) in [5, 5.41) is 0. The minimum absolute atomic E-state index is 0.0400. The molecule has 3 nitrogen and oxygen atoms in total. The highest BCUT2D eigenvalue weighted by atomic mass is 19.4. The van der Waals surface area contributed by atoms with Crippen LogP contribution in [0.3, 0.4) is 0 Å².